The fraction of sp³-hybridized carbons (Fsp3) is 0.333. The Hall–Kier alpha value is -2.59. The lowest BCUT2D eigenvalue weighted by molar-refractivity contribution is -0.148. The zero-order valence-electron chi connectivity index (χ0n) is 15.7. The number of benzene rings is 2. The van der Waals surface area contributed by atoms with Crippen molar-refractivity contribution in [3.8, 4) is 0 Å². The van der Waals surface area contributed by atoms with Crippen molar-refractivity contribution in [1.82, 2.24) is 5.32 Å². The first-order valence-corrected chi connectivity index (χ1v) is 10.5. The maximum atomic E-state index is 11.9. The molecule has 0 saturated carbocycles. The first-order chi connectivity index (χ1) is 13.6. The van der Waals surface area contributed by atoms with Gasteiger partial charge in [-0.2, -0.15) is 0 Å². The van der Waals surface area contributed by atoms with Crippen LogP contribution in [-0.2, 0) is 27.1 Å². The van der Waals surface area contributed by atoms with E-state index in [4.69, 9.17) is 4.74 Å². The molecule has 0 bridgehead atoms. The van der Waals surface area contributed by atoms with Crippen molar-refractivity contribution in [2.24, 2.45) is 5.41 Å². The van der Waals surface area contributed by atoms with Gasteiger partial charge in [-0.25, -0.2) is 4.79 Å². The summed E-state index contributed by atoms with van der Waals surface area (Å²) >= 11 is 0. The number of carboxylic acids is 1. The summed E-state index contributed by atoms with van der Waals surface area (Å²) in [5, 5.41) is 12.4. The second kappa shape index (κ2) is 11.3. The van der Waals surface area contributed by atoms with E-state index in [9.17, 15) is 19.3 Å². The fourth-order valence-corrected chi connectivity index (χ4v) is 3.90. The first-order valence-electron chi connectivity index (χ1n) is 9.21. The molecule has 1 amide bonds. The van der Waals surface area contributed by atoms with E-state index >= 15 is 0 Å². The molecule has 0 aliphatic carbocycles. The molecule has 0 saturated heterocycles. The molecule has 2 atom stereocenters. The van der Waals surface area contributed by atoms with Gasteiger partial charge < -0.3 is 19.7 Å². The van der Waals surface area contributed by atoms with Crippen LogP contribution < -0.4 is 5.32 Å². The molecule has 2 unspecified atom stereocenters. The number of aryl methyl sites for hydroxylation is 1. The topological polar surface area (TPSA) is 92.7 Å². The molecule has 0 aliphatic heterocycles. The van der Waals surface area contributed by atoms with Crippen molar-refractivity contribution in [3.63, 3.8) is 0 Å². The van der Waals surface area contributed by atoms with E-state index in [1.807, 2.05) is 60.7 Å². The van der Waals surface area contributed by atoms with Crippen molar-refractivity contribution >= 4 is 20.5 Å². The van der Waals surface area contributed by atoms with Crippen LogP contribution in [0.25, 0.3) is 0 Å². The molecular formula is C21H26NO5P. The zero-order valence-corrected chi connectivity index (χ0v) is 16.8. The van der Waals surface area contributed by atoms with Gasteiger partial charge in [-0.3, -0.25) is 4.79 Å². The second-order valence-corrected chi connectivity index (χ2v) is 7.42. The maximum Gasteiger partial charge on any atom is 0.407 e. The minimum atomic E-state index is -1.21. The third-order valence-corrected chi connectivity index (χ3v) is 5.70. The molecule has 28 heavy (non-hydrogen) atoms. The Bertz CT molecular complexity index is 769. The number of carbonyl (C=O) groups is 2. The summed E-state index contributed by atoms with van der Waals surface area (Å²) in [4.78, 5) is 23.8. The lowest BCUT2D eigenvalue weighted by Crippen LogP contribution is -2.38. The lowest BCUT2D eigenvalue weighted by atomic mass is 9.80. The number of hydrogen-bond donors (Lipinski definition) is 2. The lowest BCUT2D eigenvalue weighted by Gasteiger charge is -2.28. The van der Waals surface area contributed by atoms with Gasteiger partial charge in [-0.05, 0) is 30.4 Å². The summed E-state index contributed by atoms with van der Waals surface area (Å²) in [7, 11) is -1.21. The second-order valence-electron chi connectivity index (χ2n) is 6.68. The zero-order chi connectivity index (χ0) is 20.2. The molecule has 2 aromatic carbocycles. The number of nitrogens with one attached hydrogen (secondary N) is 1. The number of carboxylic acid groups (broad SMARTS) is 1. The number of hydrogen-bond acceptors (Lipinski definition) is 4. The highest BCUT2D eigenvalue weighted by molar-refractivity contribution is 7.23. The Morgan fingerprint density at radius 2 is 1.57 bits per heavy atom. The summed E-state index contributed by atoms with van der Waals surface area (Å²) < 4.78 is 16.5. The van der Waals surface area contributed by atoms with Gasteiger partial charge in [0.1, 0.15) is 6.61 Å². The molecule has 0 spiro atoms. The predicted molar refractivity (Wildman–Crippen MR) is 109 cm³/mol. The van der Waals surface area contributed by atoms with Crippen LogP contribution in [-0.4, -0.2) is 29.9 Å². The van der Waals surface area contributed by atoms with Crippen LogP contribution in [0.4, 0.5) is 4.79 Å². The van der Waals surface area contributed by atoms with Crippen LogP contribution in [0.1, 0.15) is 24.0 Å². The van der Waals surface area contributed by atoms with E-state index < -0.39 is 25.9 Å². The van der Waals surface area contributed by atoms with E-state index in [2.05, 4.69) is 5.32 Å². The highest BCUT2D eigenvalue weighted by Gasteiger charge is 2.37. The molecule has 2 N–H and O–H groups in total. The molecule has 0 aromatic heterocycles. The van der Waals surface area contributed by atoms with Crippen LogP contribution in [0.15, 0.2) is 60.7 Å². The maximum absolute atomic E-state index is 11.9. The third-order valence-electron chi connectivity index (χ3n) is 4.75. The van der Waals surface area contributed by atoms with Crippen molar-refractivity contribution in [2.75, 3.05) is 12.7 Å². The van der Waals surface area contributed by atoms with E-state index in [1.54, 1.807) is 0 Å². The van der Waals surface area contributed by atoms with E-state index in [-0.39, 0.29) is 25.7 Å². The molecule has 150 valence electrons. The number of carbonyl (C=O) groups excluding carboxylic acids is 1. The molecule has 0 radical (unpaired) electrons. The monoisotopic (exact) mass is 403 g/mol. The number of rotatable bonds is 11. The highest BCUT2D eigenvalue weighted by atomic mass is 31.1. The molecule has 2 rings (SSSR count). The van der Waals surface area contributed by atoms with Gasteiger partial charge in [0, 0.05) is 12.7 Å². The summed E-state index contributed by atoms with van der Waals surface area (Å²) in [6.07, 6.45) is 0.648. The minimum Gasteiger partial charge on any atom is -0.481 e. The van der Waals surface area contributed by atoms with Crippen LogP contribution in [0.2, 0.25) is 0 Å². The van der Waals surface area contributed by atoms with E-state index in [0.29, 0.717) is 12.8 Å². The SMILES string of the molecule is O=[PH2]CC(CCNC(=O)OCc1ccccc1)(CCc1ccccc1)C(=O)O. The van der Waals surface area contributed by atoms with Gasteiger partial charge in [0.05, 0.1) is 13.9 Å². The molecular weight excluding hydrogens is 377 g/mol. The van der Waals surface area contributed by atoms with Crippen molar-refractivity contribution < 1.29 is 24.0 Å². The fourth-order valence-electron chi connectivity index (χ4n) is 3.00. The van der Waals surface area contributed by atoms with Gasteiger partial charge in [-0.15, -0.1) is 0 Å². The predicted octanol–water partition coefficient (Wildman–Crippen LogP) is 3.76. The Balaban J connectivity index is 1.87. The molecule has 6 nitrogen and oxygen atoms in total. The molecule has 0 aliphatic rings. The van der Waals surface area contributed by atoms with E-state index in [0.717, 1.165) is 11.1 Å². The third kappa shape index (κ3) is 6.86. The normalized spacial score (nSPS) is 13.1. The summed E-state index contributed by atoms with van der Waals surface area (Å²) in [5.41, 5.74) is 0.777. The first kappa shape index (κ1) is 21.7. The van der Waals surface area contributed by atoms with Gasteiger partial charge >= 0.3 is 12.1 Å². The van der Waals surface area contributed by atoms with Crippen LogP contribution in [0, 0.1) is 5.41 Å². The molecule has 0 fully saturated rings. The minimum absolute atomic E-state index is 0.107. The Kier molecular flexibility index (Phi) is 8.76. The van der Waals surface area contributed by atoms with Crippen LogP contribution in [0.5, 0.6) is 0 Å². The van der Waals surface area contributed by atoms with Gasteiger partial charge in [0.15, 0.2) is 0 Å². The summed E-state index contributed by atoms with van der Waals surface area (Å²) in [5.74, 6) is -0.980. The Morgan fingerprint density at radius 3 is 2.14 bits per heavy atom. The average Bonchev–Trinajstić information content (AvgIpc) is 2.72. The van der Waals surface area contributed by atoms with E-state index in [1.165, 1.54) is 0 Å². The van der Waals surface area contributed by atoms with Crippen molar-refractivity contribution in [3.05, 3.63) is 71.8 Å². The molecule has 2 aromatic rings. The molecule has 7 heteroatoms. The number of aliphatic carboxylic acids is 1. The van der Waals surface area contributed by atoms with Gasteiger partial charge in [0.2, 0.25) is 0 Å². The summed E-state index contributed by atoms with van der Waals surface area (Å²) in [6, 6.07) is 18.9. The number of alkyl carbamates (subject to hydrolysis) is 1. The van der Waals surface area contributed by atoms with Crippen molar-refractivity contribution in [1.29, 1.82) is 0 Å². The van der Waals surface area contributed by atoms with Gasteiger partial charge in [-0.1, -0.05) is 60.7 Å². The summed E-state index contributed by atoms with van der Waals surface area (Å²) in [6.45, 7) is 0.295. The van der Waals surface area contributed by atoms with Crippen LogP contribution >= 0.6 is 8.46 Å². The smallest absolute Gasteiger partial charge is 0.407 e. The standard InChI is InChI=1S/C21H26NO5P/c23-19(24)21(16-28-26,12-11-17-7-3-1-4-8-17)13-14-22-20(25)27-15-18-9-5-2-6-10-18/h1-10H,11-16,28H2,(H,22,25)(H,23,24). The molecule has 0 heterocycles. The number of ether oxygens (including phenoxy) is 1. The Morgan fingerprint density at radius 1 is 0.964 bits per heavy atom. The van der Waals surface area contributed by atoms with Gasteiger partial charge in [0.25, 0.3) is 0 Å². The van der Waals surface area contributed by atoms with Crippen molar-refractivity contribution in [2.45, 2.75) is 25.9 Å². The average molecular weight is 403 g/mol. The highest BCUT2D eigenvalue weighted by Crippen LogP contribution is 2.32. The largest absolute Gasteiger partial charge is 0.481 e. The van der Waals surface area contributed by atoms with Crippen LogP contribution in [0.3, 0.4) is 0 Å². The quantitative estimate of drug-likeness (QED) is 0.557. The Labute approximate surface area is 166 Å². The number of amides is 1.